The van der Waals surface area contributed by atoms with Gasteiger partial charge in [-0.2, -0.15) is 0 Å². The number of allylic oxidation sites excluding steroid dienone is 1. The summed E-state index contributed by atoms with van der Waals surface area (Å²) in [6.07, 6.45) is 3.14. The first-order valence-corrected chi connectivity index (χ1v) is 7.33. The molecule has 114 valence electrons. The van der Waals surface area contributed by atoms with Gasteiger partial charge in [-0.25, -0.2) is 9.97 Å². The smallest absolute Gasteiger partial charge is 0.125 e. The number of nitrogens with one attached hydrogen (secondary N) is 2. The molecule has 0 fully saturated rings. The molecule has 0 radical (unpaired) electrons. The summed E-state index contributed by atoms with van der Waals surface area (Å²) in [7, 11) is 0. The lowest BCUT2D eigenvalue weighted by Gasteiger charge is -2.18. The van der Waals surface area contributed by atoms with E-state index in [2.05, 4.69) is 35.7 Å². The van der Waals surface area contributed by atoms with Crippen LogP contribution in [0.5, 0.6) is 0 Å². The molecule has 2 N–H and O–H groups in total. The number of anilines is 1. The normalized spacial score (nSPS) is 10.6. The summed E-state index contributed by atoms with van der Waals surface area (Å²) >= 11 is 0. The maximum absolute atomic E-state index is 7.74. The molecule has 1 heterocycles. The average Bonchev–Trinajstić information content (AvgIpc) is 2.45. The summed E-state index contributed by atoms with van der Waals surface area (Å²) in [4.78, 5) is 8.64. The molecule has 0 amide bonds. The van der Waals surface area contributed by atoms with Gasteiger partial charge in [-0.15, -0.1) is 0 Å². The fourth-order valence-corrected chi connectivity index (χ4v) is 2.36. The highest BCUT2D eigenvalue weighted by molar-refractivity contribution is 5.95. The average molecular weight is 294 g/mol. The Hall–Kier alpha value is -2.49. The molecule has 1 aromatic carbocycles. The van der Waals surface area contributed by atoms with Crippen LogP contribution in [-0.2, 0) is 0 Å². The Kier molecular flexibility index (Phi) is 4.71. The van der Waals surface area contributed by atoms with Crippen LogP contribution in [-0.4, -0.2) is 22.2 Å². The summed E-state index contributed by atoms with van der Waals surface area (Å²) in [5.74, 6) is 0.740. The predicted molar refractivity (Wildman–Crippen MR) is 93.6 cm³/mol. The number of aromatic nitrogens is 2. The first-order valence-electron chi connectivity index (χ1n) is 7.33. The van der Waals surface area contributed by atoms with Crippen LogP contribution in [0.2, 0.25) is 0 Å². The molecule has 0 atom stereocenters. The summed E-state index contributed by atoms with van der Waals surface area (Å²) < 4.78 is 0. The van der Waals surface area contributed by atoms with Crippen LogP contribution in [0.15, 0.2) is 31.0 Å². The maximum atomic E-state index is 7.74. The third kappa shape index (κ3) is 3.39. The Bertz CT molecular complexity index is 717. The van der Waals surface area contributed by atoms with Gasteiger partial charge in [0.25, 0.3) is 0 Å². The Morgan fingerprint density at radius 3 is 2.64 bits per heavy atom. The Morgan fingerprint density at radius 1 is 1.36 bits per heavy atom. The zero-order valence-electron chi connectivity index (χ0n) is 13.6. The van der Waals surface area contributed by atoms with E-state index in [1.807, 2.05) is 32.0 Å². The zero-order chi connectivity index (χ0) is 16.3. The quantitative estimate of drug-likeness (QED) is 0.808. The third-order valence-electron chi connectivity index (χ3n) is 3.30. The van der Waals surface area contributed by atoms with Gasteiger partial charge < -0.3 is 10.7 Å². The molecule has 4 nitrogen and oxygen atoms in total. The molecule has 1 aromatic heterocycles. The van der Waals surface area contributed by atoms with Crippen molar-refractivity contribution in [1.82, 2.24) is 9.97 Å². The van der Waals surface area contributed by atoms with Crippen molar-refractivity contribution in [1.29, 1.82) is 5.41 Å². The second kappa shape index (κ2) is 6.52. The lowest BCUT2D eigenvalue weighted by molar-refractivity contribution is 0.899. The molecule has 0 spiro atoms. The van der Waals surface area contributed by atoms with Crippen molar-refractivity contribution < 1.29 is 0 Å². The summed E-state index contributed by atoms with van der Waals surface area (Å²) in [5.41, 5.74) is 5.55. The van der Waals surface area contributed by atoms with Crippen LogP contribution >= 0.6 is 0 Å². The first-order chi connectivity index (χ1) is 10.4. The van der Waals surface area contributed by atoms with Gasteiger partial charge in [0.2, 0.25) is 0 Å². The SMILES string of the molecule is C=C(C)c1cc(-c2ccnc(C)n2)cc(NC(C)C)c1C=N. The van der Waals surface area contributed by atoms with Gasteiger partial charge in [0.05, 0.1) is 5.69 Å². The molecular weight excluding hydrogens is 272 g/mol. The fraction of sp³-hybridized carbons (Fsp3) is 0.278. The van der Waals surface area contributed by atoms with E-state index in [0.29, 0.717) is 0 Å². The van der Waals surface area contributed by atoms with Crippen molar-refractivity contribution >= 4 is 17.5 Å². The van der Waals surface area contributed by atoms with Gasteiger partial charge in [0.15, 0.2) is 0 Å². The number of hydrogen-bond donors (Lipinski definition) is 2. The van der Waals surface area contributed by atoms with Crippen LogP contribution in [0.25, 0.3) is 16.8 Å². The van der Waals surface area contributed by atoms with E-state index in [1.165, 1.54) is 6.21 Å². The van der Waals surface area contributed by atoms with Crippen molar-refractivity contribution in [3.05, 3.63) is 47.9 Å². The van der Waals surface area contributed by atoms with Crippen LogP contribution in [0.1, 0.15) is 37.7 Å². The van der Waals surface area contributed by atoms with Crippen LogP contribution in [0.3, 0.4) is 0 Å². The third-order valence-corrected chi connectivity index (χ3v) is 3.30. The van der Waals surface area contributed by atoms with Crippen LogP contribution in [0.4, 0.5) is 5.69 Å². The summed E-state index contributed by atoms with van der Waals surface area (Å²) in [5, 5.41) is 11.1. The van der Waals surface area contributed by atoms with Gasteiger partial charge in [0.1, 0.15) is 5.82 Å². The molecule has 2 rings (SSSR count). The van der Waals surface area contributed by atoms with Gasteiger partial charge in [0, 0.05) is 35.3 Å². The monoisotopic (exact) mass is 294 g/mol. The highest BCUT2D eigenvalue weighted by Crippen LogP contribution is 2.31. The molecule has 0 aliphatic heterocycles. The van der Waals surface area contributed by atoms with Gasteiger partial charge in [-0.3, -0.25) is 0 Å². The molecule has 4 heteroatoms. The van der Waals surface area contributed by atoms with Crippen molar-refractivity contribution in [3.8, 4) is 11.3 Å². The second-order valence-electron chi connectivity index (χ2n) is 5.70. The number of rotatable bonds is 5. The van der Waals surface area contributed by atoms with E-state index in [1.54, 1.807) is 6.20 Å². The molecule has 0 saturated carbocycles. The molecule has 2 aromatic rings. The van der Waals surface area contributed by atoms with E-state index >= 15 is 0 Å². The van der Waals surface area contributed by atoms with E-state index < -0.39 is 0 Å². The Balaban J connectivity index is 2.67. The molecule has 0 aliphatic rings. The zero-order valence-corrected chi connectivity index (χ0v) is 13.6. The molecular formula is C18H22N4. The standard InChI is InChI=1S/C18H22N4/c1-11(2)15-8-14(17-6-7-20-13(5)22-17)9-18(16(15)10-19)21-12(3)4/h6-10,12,19,21H,1H2,2-5H3. The second-order valence-corrected chi connectivity index (χ2v) is 5.70. The number of hydrogen-bond acceptors (Lipinski definition) is 4. The Morgan fingerprint density at radius 2 is 2.09 bits per heavy atom. The minimum Gasteiger partial charge on any atom is -0.382 e. The Labute approximate surface area is 131 Å². The lowest BCUT2D eigenvalue weighted by atomic mass is 9.96. The molecule has 0 bridgehead atoms. The van der Waals surface area contributed by atoms with Gasteiger partial charge >= 0.3 is 0 Å². The number of benzene rings is 1. The highest BCUT2D eigenvalue weighted by Gasteiger charge is 2.12. The van der Waals surface area contributed by atoms with Crippen molar-refractivity contribution in [3.63, 3.8) is 0 Å². The maximum Gasteiger partial charge on any atom is 0.125 e. The van der Waals surface area contributed by atoms with Crippen molar-refractivity contribution in [2.24, 2.45) is 0 Å². The molecule has 0 saturated heterocycles. The van der Waals surface area contributed by atoms with Crippen molar-refractivity contribution in [2.45, 2.75) is 33.7 Å². The van der Waals surface area contributed by atoms with Crippen LogP contribution < -0.4 is 5.32 Å². The minimum atomic E-state index is 0.277. The molecule has 0 aliphatic carbocycles. The topological polar surface area (TPSA) is 61.7 Å². The van der Waals surface area contributed by atoms with E-state index in [4.69, 9.17) is 5.41 Å². The molecule has 0 unspecified atom stereocenters. The largest absolute Gasteiger partial charge is 0.382 e. The summed E-state index contributed by atoms with van der Waals surface area (Å²) in [6, 6.07) is 6.25. The minimum absolute atomic E-state index is 0.277. The predicted octanol–water partition coefficient (Wildman–Crippen LogP) is 4.30. The van der Waals surface area contributed by atoms with E-state index in [-0.39, 0.29) is 6.04 Å². The van der Waals surface area contributed by atoms with E-state index in [9.17, 15) is 0 Å². The summed E-state index contributed by atoms with van der Waals surface area (Å²) in [6.45, 7) is 12.0. The number of aryl methyl sites for hydroxylation is 1. The first kappa shape index (κ1) is 15.9. The van der Waals surface area contributed by atoms with Crippen molar-refractivity contribution in [2.75, 3.05) is 5.32 Å². The van der Waals surface area contributed by atoms with E-state index in [0.717, 1.165) is 39.5 Å². The lowest BCUT2D eigenvalue weighted by Crippen LogP contribution is -2.12. The molecule has 22 heavy (non-hydrogen) atoms. The fourth-order valence-electron chi connectivity index (χ4n) is 2.36. The van der Waals surface area contributed by atoms with Crippen LogP contribution in [0, 0.1) is 12.3 Å². The number of nitrogens with zero attached hydrogens (tertiary/aromatic N) is 2. The van der Waals surface area contributed by atoms with Gasteiger partial charge in [-0.1, -0.05) is 12.2 Å². The highest BCUT2D eigenvalue weighted by atomic mass is 14.9. The van der Waals surface area contributed by atoms with Gasteiger partial charge in [-0.05, 0) is 51.5 Å².